The van der Waals surface area contributed by atoms with Gasteiger partial charge in [-0.05, 0) is 128 Å². The fraction of sp³-hybridized carbons (Fsp3) is 0.685. The van der Waals surface area contributed by atoms with Crippen LogP contribution in [0.15, 0.2) is 170 Å². The highest BCUT2D eigenvalue weighted by atomic mass is 16.8. The molecule has 19 heteroatoms. The topological polar surface area (TPSA) is 307 Å². The van der Waals surface area contributed by atoms with Crippen molar-refractivity contribution in [3.63, 3.8) is 0 Å². The van der Waals surface area contributed by atoms with Crippen LogP contribution in [-0.2, 0) is 33.2 Å². The minimum Gasteiger partial charge on any atom is -0.394 e. The zero-order valence-corrected chi connectivity index (χ0v) is 67.9. The molecule has 17 unspecified atom stereocenters. The molecule has 12 N–H and O–H groups in total. The van der Waals surface area contributed by atoms with Gasteiger partial charge in [0, 0.05) is 6.42 Å². The Balaban J connectivity index is 1.40. The molecule has 3 fully saturated rings. The van der Waals surface area contributed by atoms with Crippen molar-refractivity contribution < 1.29 is 89.4 Å². The summed E-state index contributed by atoms with van der Waals surface area (Å²) in [7, 11) is 0. The Bertz CT molecular complexity index is 2670. The van der Waals surface area contributed by atoms with Gasteiger partial charge in [0.2, 0.25) is 5.91 Å². The van der Waals surface area contributed by atoms with E-state index in [1.807, 2.05) is 6.08 Å². The Kier molecular flexibility index (Phi) is 62.8. The van der Waals surface area contributed by atoms with E-state index >= 15 is 0 Å². The molecular formula is C92H151NO18. The Morgan fingerprint density at radius 3 is 1.01 bits per heavy atom. The molecule has 0 saturated carbocycles. The van der Waals surface area contributed by atoms with Gasteiger partial charge in [0.25, 0.3) is 0 Å². The predicted octanol–water partition coefficient (Wildman–Crippen LogP) is 15.7. The van der Waals surface area contributed by atoms with E-state index in [9.17, 15) is 61.0 Å². The van der Waals surface area contributed by atoms with Crippen LogP contribution in [0.4, 0.5) is 0 Å². The number of hydrogen-bond donors (Lipinski definition) is 12. The second-order valence-electron chi connectivity index (χ2n) is 29.5. The van der Waals surface area contributed by atoms with Crippen molar-refractivity contribution in [1.29, 1.82) is 0 Å². The third-order valence-corrected chi connectivity index (χ3v) is 20.0. The third-order valence-electron chi connectivity index (χ3n) is 20.0. The van der Waals surface area contributed by atoms with Gasteiger partial charge in [0.1, 0.15) is 73.2 Å². The van der Waals surface area contributed by atoms with Crippen LogP contribution in [0.3, 0.4) is 0 Å². The molecule has 0 spiro atoms. The van der Waals surface area contributed by atoms with Gasteiger partial charge in [-0.25, -0.2) is 0 Å². The molecule has 19 nitrogen and oxygen atoms in total. The molecule has 3 heterocycles. The number of nitrogens with one attached hydrogen (secondary N) is 1. The van der Waals surface area contributed by atoms with Crippen LogP contribution in [0.2, 0.25) is 0 Å². The Morgan fingerprint density at radius 2 is 0.631 bits per heavy atom. The average Bonchev–Trinajstić information content (AvgIpc) is 0.779. The number of carbonyl (C=O) groups is 1. The lowest BCUT2D eigenvalue weighted by atomic mass is 9.96. The summed E-state index contributed by atoms with van der Waals surface area (Å²) in [5.41, 5.74) is 0. The quantitative estimate of drug-likeness (QED) is 0.0199. The van der Waals surface area contributed by atoms with Gasteiger partial charge in [-0.3, -0.25) is 4.79 Å². The Morgan fingerprint density at radius 1 is 0.333 bits per heavy atom. The Hall–Kier alpha value is -4.85. The van der Waals surface area contributed by atoms with Gasteiger partial charge in [-0.1, -0.05) is 306 Å². The summed E-state index contributed by atoms with van der Waals surface area (Å²) in [5, 5.41) is 121. The second kappa shape index (κ2) is 69.5. The minimum absolute atomic E-state index is 0.180. The molecule has 3 rings (SSSR count). The van der Waals surface area contributed by atoms with Crippen molar-refractivity contribution in [3.8, 4) is 0 Å². The molecule has 0 aliphatic carbocycles. The molecule has 0 aromatic carbocycles. The highest BCUT2D eigenvalue weighted by Crippen LogP contribution is 2.33. The number of hydrogen-bond acceptors (Lipinski definition) is 18. The zero-order chi connectivity index (χ0) is 80.3. The predicted molar refractivity (Wildman–Crippen MR) is 447 cm³/mol. The fourth-order valence-corrected chi connectivity index (χ4v) is 13.2. The van der Waals surface area contributed by atoms with Crippen molar-refractivity contribution >= 4 is 5.91 Å². The van der Waals surface area contributed by atoms with Crippen molar-refractivity contribution in [2.45, 2.75) is 375 Å². The molecule has 3 saturated heterocycles. The highest BCUT2D eigenvalue weighted by Gasteiger charge is 2.54. The van der Waals surface area contributed by atoms with Crippen LogP contribution in [0, 0.1) is 0 Å². The summed E-state index contributed by atoms with van der Waals surface area (Å²) < 4.78 is 34.4. The molecule has 1 amide bonds. The maximum atomic E-state index is 13.5. The van der Waals surface area contributed by atoms with E-state index in [-0.39, 0.29) is 12.3 Å². The molecule has 3 aliphatic heterocycles. The van der Waals surface area contributed by atoms with Crippen molar-refractivity contribution in [1.82, 2.24) is 5.32 Å². The first-order chi connectivity index (χ1) is 54.3. The maximum absolute atomic E-state index is 13.5. The monoisotopic (exact) mass is 1560 g/mol. The first kappa shape index (κ1) is 100. The van der Waals surface area contributed by atoms with Crippen LogP contribution < -0.4 is 5.32 Å². The molecule has 0 aromatic rings. The molecule has 111 heavy (non-hydrogen) atoms. The summed E-state index contributed by atoms with van der Waals surface area (Å²) >= 11 is 0. The van der Waals surface area contributed by atoms with E-state index in [1.54, 1.807) is 6.08 Å². The number of ether oxygens (including phenoxy) is 6. The van der Waals surface area contributed by atoms with Crippen LogP contribution in [0.25, 0.3) is 0 Å². The van der Waals surface area contributed by atoms with Crippen LogP contribution in [0.1, 0.15) is 271 Å². The lowest BCUT2D eigenvalue weighted by Gasteiger charge is -2.48. The lowest BCUT2D eigenvalue weighted by molar-refractivity contribution is -0.379. The van der Waals surface area contributed by atoms with Crippen LogP contribution in [0.5, 0.6) is 0 Å². The van der Waals surface area contributed by atoms with E-state index in [0.717, 1.165) is 116 Å². The maximum Gasteiger partial charge on any atom is 0.220 e. The van der Waals surface area contributed by atoms with Crippen LogP contribution >= 0.6 is 0 Å². The number of amides is 1. The van der Waals surface area contributed by atoms with Crippen LogP contribution in [-0.4, -0.2) is 193 Å². The minimum atomic E-state index is -2.00. The molecule has 0 bridgehead atoms. The molecule has 0 radical (unpaired) electrons. The molecule has 0 aromatic heterocycles. The molecular weight excluding hydrogens is 1410 g/mol. The van der Waals surface area contributed by atoms with Gasteiger partial charge in [-0.2, -0.15) is 0 Å². The fourth-order valence-electron chi connectivity index (χ4n) is 13.2. The van der Waals surface area contributed by atoms with Crippen molar-refractivity contribution in [2.24, 2.45) is 0 Å². The molecule has 17 atom stereocenters. The zero-order valence-electron chi connectivity index (χ0n) is 67.9. The first-order valence-electron chi connectivity index (χ1n) is 42.9. The second-order valence-corrected chi connectivity index (χ2v) is 29.5. The first-order valence-corrected chi connectivity index (χ1v) is 42.9. The van der Waals surface area contributed by atoms with E-state index in [2.05, 4.69) is 177 Å². The standard InChI is InChI=1S/C92H151NO18/c1-3-5-7-9-11-13-15-17-19-21-23-25-27-29-31-33-34-35-36-37-38-39-40-42-44-46-48-50-52-54-56-58-60-62-64-66-68-70-80(98)93-75(76(97)69-67-65-63-61-59-57-55-53-51-49-47-45-43-41-32-30-28-26-24-22-20-18-16-14-12-10-8-6-4-2)74-106-90-86(104)83(101)88(78(72-95)108-90)111-92-87(105)84(102)89(79(73-96)109-92)110-91-85(103)82(100)81(99)77(71-94)107-91/h5,7,11,13,17,19,23,25,29,31,34-35,37-38,40,42,46,48,51-54,58-61,67,69,75-79,81-92,94-97,99-105H,3-4,6,8-10,12,14-16,18,20-22,24,26-28,30,32-33,36,39,41,43-45,47,49-50,55-57,62-66,68,70-74H2,1-2H3,(H,93,98)/b7-5-,13-11-,19-17-,25-23-,31-29-,35-34-,38-37-,42-40-,48-46-,53-51+,54-52-,60-58-,61-59+,69-67+. The number of allylic oxidation sites excluding steroid dienone is 27. The smallest absolute Gasteiger partial charge is 0.220 e. The summed E-state index contributed by atoms with van der Waals surface area (Å²) in [5.74, 6) is -0.327. The lowest BCUT2D eigenvalue weighted by Crippen LogP contribution is -2.66. The van der Waals surface area contributed by atoms with Gasteiger partial charge >= 0.3 is 0 Å². The third kappa shape index (κ3) is 48.3. The summed E-state index contributed by atoms with van der Waals surface area (Å²) in [4.78, 5) is 13.5. The highest BCUT2D eigenvalue weighted by molar-refractivity contribution is 5.76. The van der Waals surface area contributed by atoms with E-state index < -0.39 is 131 Å². The number of aliphatic hydroxyl groups is 11. The van der Waals surface area contributed by atoms with Gasteiger partial charge in [0.15, 0.2) is 18.9 Å². The SMILES string of the molecule is CC/C=C\C/C=C\C/C=C\C/C=C\C/C=C\C/C=C\C/C=C\C/C=C\C/C=C\C/C=C\C/C=C\CCCCCC(=O)NC(COC1OC(CO)C(OC2OC(CO)C(OC3OC(CO)C(O)C(O)C3O)C(O)C2O)C(O)C1O)C(O)/C=C/CC/C=C/CC/C=C/CCCCCCCCCCCCCCCCCCCCC. The van der Waals surface area contributed by atoms with E-state index in [1.165, 1.54) is 122 Å². The molecule has 3 aliphatic rings. The number of aliphatic hydroxyl groups excluding tert-OH is 11. The summed E-state index contributed by atoms with van der Waals surface area (Å²) in [6, 6.07) is -1.03. The summed E-state index contributed by atoms with van der Waals surface area (Å²) in [6.07, 6.45) is 77.7. The largest absolute Gasteiger partial charge is 0.394 e. The normalized spacial score (nSPS) is 25.9. The van der Waals surface area contributed by atoms with Gasteiger partial charge in [0.05, 0.1) is 38.6 Å². The van der Waals surface area contributed by atoms with Crippen molar-refractivity contribution in [2.75, 3.05) is 26.4 Å². The molecule has 632 valence electrons. The van der Waals surface area contributed by atoms with Gasteiger partial charge < -0.3 is 89.9 Å². The van der Waals surface area contributed by atoms with Gasteiger partial charge in [-0.15, -0.1) is 0 Å². The van der Waals surface area contributed by atoms with E-state index in [0.29, 0.717) is 12.8 Å². The van der Waals surface area contributed by atoms with E-state index in [4.69, 9.17) is 28.4 Å². The number of rotatable bonds is 66. The average molecular weight is 1560 g/mol. The summed E-state index contributed by atoms with van der Waals surface area (Å²) in [6.45, 7) is 1.57. The number of unbranched alkanes of at least 4 members (excludes halogenated alkanes) is 24. The van der Waals surface area contributed by atoms with Crippen molar-refractivity contribution in [3.05, 3.63) is 170 Å². The Labute approximate surface area is 668 Å². The number of carbonyl (C=O) groups excluding carboxylic acids is 1.